The molecule has 0 aromatic carbocycles. The van der Waals surface area contributed by atoms with Crippen LogP contribution in [-0.2, 0) is 126 Å². The molecule has 0 heterocycles. The van der Waals surface area contributed by atoms with E-state index in [1.54, 1.807) is 0 Å². The van der Waals surface area contributed by atoms with Crippen molar-refractivity contribution in [3.05, 3.63) is 52.0 Å². The van der Waals surface area contributed by atoms with Crippen molar-refractivity contribution in [1.82, 2.24) is 0 Å². The maximum atomic E-state index is 0. The van der Waals surface area contributed by atoms with Gasteiger partial charge in [-0.3, -0.25) is 0 Å². The van der Waals surface area contributed by atoms with Gasteiger partial charge in [0, 0.05) is 105 Å². The van der Waals surface area contributed by atoms with Crippen LogP contribution in [0.15, 0.2) is 0 Å². The molecule has 0 aromatic rings. The summed E-state index contributed by atoms with van der Waals surface area (Å²) in [6.07, 6.45) is 0. The van der Waals surface area contributed by atoms with E-state index in [2.05, 4.69) is 0 Å². The average Bonchev–Trinajstić information content (AvgIpc) is 0. The van der Waals surface area contributed by atoms with Crippen molar-refractivity contribution in [2.24, 2.45) is 0 Å². The Kier molecular flexibility index (Phi) is 4350. The van der Waals surface area contributed by atoms with Gasteiger partial charge in [-0.2, -0.15) is 0 Å². The van der Waals surface area contributed by atoms with Gasteiger partial charge in [-0.05, 0) is 0 Å². The van der Waals surface area contributed by atoms with Crippen molar-refractivity contribution in [2.75, 3.05) is 0 Å². The van der Waals surface area contributed by atoms with E-state index in [0.29, 0.717) is 0 Å². The van der Waals surface area contributed by atoms with Gasteiger partial charge in [0.2, 0.25) is 0 Å². The van der Waals surface area contributed by atoms with Crippen LogP contribution in [0.4, 0.5) is 0 Å². The van der Waals surface area contributed by atoms with Crippen molar-refractivity contribution in [2.45, 2.75) is 0 Å². The van der Waals surface area contributed by atoms with E-state index in [-0.39, 0.29) is 178 Å². The molecule has 0 saturated heterocycles. The first-order chi connectivity index (χ1) is 0. The van der Waals surface area contributed by atoms with E-state index in [0.717, 1.165) is 0 Å². The van der Waals surface area contributed by atoms with Crippen LogP contribution in [-0.4, -0.2) is 0 Å². The van der Waals surface area contributed by atoms with Crippen LogP contribution in [0.1, 0.15) is 0 Å². The molecule has 0 aliphatic heterocycles. The number of hydrogen-bond donors (Lipinski definition) is 0. The fraction of sp³-hybridized carbons (Fsp3) is 0. The van der Waals surface area contributed by atoms with Gasteiger partial charge in [-0.1, -0.05) is 0 Å². The summed E-state index contributed by atoms with van der Waals surface area (Å²) >= 11 is 0. The van der Waals surface area contributed by atoms with Crippen molar-refractivity contribution < 1.29 is 126 Å². The Morgan fingerprint density at radius 1 is 0.231 bits per heavy atom. The molecule has 0 rings (SSSR count). The molecule has 0 nitrogen and oxygen atoms in total. The van der Waals surface area contributed by atoms with Crippen molar-refractivity contribution in [3.63, 3.8) is 0 Å². The third-order valence-electron chi connectivity index (χ3n) is 0. The molecule has 0 fully saturated rings. The molecule has 0 aliphatic carbocycles. The standard InChI is InChI=1S/7CH3.6W/h7*1H3;;;;;;/q7*-1;;;;;;+2. The van der Waals surface area contributed by atoms with Crippen molar-refractivity contribution >= 4 is 0 Å². The van der Waals surface area contributed by atoms with E-state index >= 15 is 0 Å². The third kappa shape index (κ3) is 189. The summed E-state index contributed by atoms with van der Waals surface area (Å²) in [6, 6.07) is 0. The van der Waals surface area contributed by atoms with Crippen molar-refractivity contribution in [1.29, 1.82) is 0 Å². The first-order valence-electron chi connectivity index (χ1n) is 0. The van der Waals surface area contributed by atoms with Gasteiger partial charge in [0.1, 0.15) is 0 Å². The fourth-order valence-electron chi connectivity index (χ4n) is 0. The Morgan fingerprint density at radius 2 is 0.231 bits per heavy atom. The van der Waals surface area contributed by atoms with Crippen LogP contribution in [0.25, 0.3) is 0 Å². The summed E-state index contributed by atoms with van der Waals surface area (Å²) in [5, 5.41) is 0. The summed E-state index contributed by atoms with van der Waals surface area (Å²) in [7, 11) is 0. The topological polar surface area (TPSA) is 0 Å². The molecule has 90 valence electrons. The molecule has 0 amide bonds. The minimum Gasteiger partial charge on any atom is -0.358 e. The predicted octanol–water partition coefficient (Wildman–Crippen LogP) is 3.14. The SMILES string of the molecule is [CH3-].[CH3-].[CH3-].[CH3-].[CH3-].[CH3-].[CH3-].[W+2].[W].[W].[W].[W].[W]. The second kappa shape index (κ2) is 216. The first-order valence-corrected chi connectivity index (χ1v) is 0. The molecule has 0 saturated carbocycles. The Labute approximate surface area is 175 Å². The van der Waals surface area contributed by atoms with Gasteiger partial charge in [0.05, 0.1) is 0 Å². The summed E-state index contributed by atoms with van der Waals surface area (Å²) < 4.78 is 0. The Balaban J connectivity index is 0. The molecule has 6 heteroatoms. The third-order valence-corrected chi connectivity index (χ3v) is 0. The molecule has 0 N–H and O–H groups in total. The second-order valence-corrected chi connectivity index (χ2v) is 0. The molecule has 0 aliphatic rings. The van der Waals surface area contributed by atoms with Gasteiger partial charge in [0.25, 0.3) is 0 Å². The first kappa shape index (κ1) is 261. The molecule has 0 radical (unpaired) electrons. The van der Waals surface area contributed by atoms with Crippen LogP contribution >= 0.6 is 0 Å². The van der Waals surface area contributed by atoms with Crippen LogP contribution in [0.5, 0.6) is 0 Å². The molecular weight excluding hydrogens is 1190 g/mol. The largest absolute Gasteiger partial charge is 2.00 e. The molecule has 13 heavy (non-hydrogen) atoms. The van der Waals surface area contributed by atoms with Gasteiger partial charge >= 0.3 is 21.1 Å². The number of rotatable bonds is 0. The van der Waals surface area contributed by atoms with E-state index in [4.69, 9.17) is 0 Å². The smallest absolute Gasteiger partial charge is 0.358 e. The van der Waals surface area contributed by atoms with Gasteiger partial charge < -0.3 is 52.0 Å². The van der Waals surface area contributed by atoms with Crippen molar-refractivity contribution in [3.8, 4) is 0 Å². The zero-order valence-electron chi connectivity index (χ0n) is 9.45. The molecule has 0 unspecified atom stereocenters. The predicted molar refractivity (Wildman–Crippen MR) is 44.9 cm³/mol. The maximum absolute atomic E-state index is 0. The van der Waals surface area contributed by atoms with E-state index in [9.17, 15) is 0 Å². The van der Waals surface area contributed by atoms with Gasteiger partial charge in [-0.15, -0.1) is 0 Å². The maximum Gasteiger partial charge on any atom is 2.00 e. The molecule has 0 aromatic heterocycles. The second-order valence-electron chi connectivity index (χ2n) is 0. The minimum absolute atomic E-state index is 0. The van der Waals surface area contributed by atoms with E-state index in [1.807, 2.05) is 0 Å². The summed E-state index contributed by atoms with van der Waals surface area (Å²) in [5.41, 5.74) is 0. The van der Waals surface area contributed by atoms with E-state index in [1.165, 1.54) is 0 Å². The average molecular weight is 1210 g/mol. The van der Waals surface area contributed by atoms with Gasteiger partial charge in [0.15, 0.2) is 0 Å². The van der Waals surface area contributed by atoms with Crippen LogP contribution in [0, 0.1) is 52.0 Å². The number of hydrogen-bond acceptors (Lipinski definition) is 0. The van der Waals surface area contributed by atoms with Crippen LogP contribution in [0.2, 0.25) is 0 Å². The molecule has 0 bridgehead atoms. The van der Waals surface area contributed by atoms with Crippen LogP contribution < -0.4 is 0 Å². The minimum atomic E-state index is 0. The Morgan fingerprint density at radius 3 is 0.231 bits per heavy atom. The monoisotopic (exact) mass is 1210 g/mol. The summed E-state index contributed by atoms with van der Waals surface area (Å²) in [6.45, 7) is 0. The molecular formula is C7H21W6-5. The fourth-order valence-corrected chi connectivity index (χ4v) is 0. The van der Waals surface area contributed by atoms with E-state index < -0.39 is 0 Å². The van der Waals surface area contributed by atoms with Gasteiger partial charge in [-0.25, -0.2) is 0 Å². The summed E-state index contributed by atoms with van der Waals surface area (Å²) in [5.74, 6) is 0. The summed E-state index contributed by atoms with van der Waals surface area (Å²) in [4.78, 5) is 0. The Bertz CT molecular complexity index is 12.9. The quantitative estimate of drug-likeness (QED) is 0.328. The zero-order valence-corrected chi connectivity index (χ0v) is 27.0. The normalized spacial score (nSPS) is 0. The molecule has 0 atom stereocenters. The Hall–Kier alpha value is 4.13. The zero-order chi connectivity index (χ0) is 0. The molecule has 0 spiro atoms. The van der Waals surface area contributed by atoms with Crippen LogP contribution in [0.3, 0.4) is 0 Å².